The summed E-state index contributed by atoms with van der Waals surface area (Å²) in [7, 11) is 1.35. The molecule has 0 spiro atoms. The predicted molar refractivity (Wildman–Crippen MR) is 154 cm³/mol. The summed E-state index contributed by atoms with van der Waals surface area (Å²) in [4.78, 5) is 71.0. The van der Waals surface area contributed by atoms with Crippen LogP contribution in [0.25, 0.3) is 10.9 Å². The molecule has 3 N–H and O–H groups in total. The third-order valence-electron chi connectivity index (χ3n) is 8.10. The summed E-state index contributed by atoms with van der Waals surface area (Å²) < 4.78 is 27.8. The Morgan fingerprint density at radius 3 is 2.44 bits per heavy atom. The van der Waals surface area contributed by atoms with E-state index in [1.54, 1.807) is 30.3 Å². The van der Waals surface area contributed by atoms with Crippen LogP contribution in [-0.2, 0) is 19.2 Å². The van der Waals surface area contributed by atoms with Gasteiger partial charge in [-0.1, -0.05) is 37.5 Å². The Morgan fingerprint density at radius 2 is 1.72 bits per heavy atom. The summed E-state index contributed by atoms with van der Waals surface area (Å²) >= 11 is 0. The van der Waals surface area contributed by atoms with Gasteiger partial charge in [0.2, 0.25) is 17.6 Å². The highest BCUT2D eigenvalue weighted by Crippen LogP contribution is 2.27. The normalized spacial score (nSPS) is 18.8. The van der Waals surface area contributed by atoms with Gasteiger partial charge in [0.15, 0.2) is 0 Å². The van der Waals surface area contributed by atoms with E-state index in [1.807, 2.05) is 0 Å². The van der Waals surface area contributed by atoms with E-state index in [-0.39, 0.29) is 35.6 Å². The van der Waals surface area contributed by atoms with Gasteiger partial charge in [0, 0.05) is 36.8 Å². The minimum Gasteiger partial charge on any atom is -0.350 e. The van der Waals surface area contributed by atoms with Crippen LogP contribution in [0.5, 0.6) is 0 Å². The number of aromatic nitrogens is 1. The van der Waals surface area contributed by atoms with Crippen LogP contribution in [0, 0.1) is 17.6 Å². The number of para-hydroxylation sites is 1. The highest BCUT2D eigenvalue weighted by atomic mass is 19.1. The topological polar surface area (TPSA) is 132 Å². The Kier molecular flexibility index (Phi) is 8.84. The Balaban J connectivity index is 1.31. The second kappa shape index (κ2) is 12.7. The zero-order chi connectivity index (χ0) is 30.7. The van der Waals surface area contributed by atoms with Crippen LogP contribution < -0.4 is 10.6 Å². The summed E-state index contributed by atoms with van der Waals surface area (Å²) in [6, 6.07) is 10.4. The fraction of sp³-hybridized carbons (Fsp3) is 0.387. The molecule has 1 saturated heterocycles. The molecule has 226 valence electrons. The standard InChI is InChI=1S/C31H33F2N5O5/c1-37(31(43)25-15-22-23(33)13-19(32)14-24(22)36-25)17-27(39)38-16-18(29(41)34-20-8-4-2-5-9-20)12-26(38)28(40)30(42)35-21-10-6-3-7-11-21/h2,4-5,8-9,13-15,18,21,26,36H,3,6-7,10-12,16-17H2,1H3,(H,34,41)(H,35,42). The maximum Gasteiger partial charge on any atom is 0.289 e. The third kappa shape index (κ3) is 6.73. The van der Waals surface area contributed by atoms with Gasteiger partial charge in [0.25, 0.3) is 11.8 Å². The lowest BCUT2D eigenvalue weighted by Gasteiger charge is -2.27. The molecule has 5 rings (SSSR count). The molecule has 2 aliphatic rings. The molecule has 10 nitrogen and oxygen atoms in total. The van der Waals surface area contributed by atoms with Crippen molar-refractivity contribution in [1.29, 1.82) is 0 Å². The van der Waals surface area contributed by atoms with E-state index < -0.39 is 59.6 Å². The van der Waals surface area contributed by atoms with Gasteiger partial charge in [-0.2, -0.15) is 0 Å². The fourth-order valence-electron chi connectivity index (χ4n) is 5.82. The fourth-order valence-corrected chi connectivity index (χ4v) is 5.82. The summed E-state index contributed by atoms with van der Waals surface area (Å²) in [6.07, 6.45) is 4.46. The van der Waals surface area contributed by atoms with Crippen LogP contribution >= 0.6 is 0 Å². The first-order chi connectivity index (χ1) is 20.6. The molecule has 4 amide bonds. The summed E-state index contributed by atoms with van der Waals surface area (Å²) in [5.74, 6) is -5.72. The highest BCUT2D eigenvalue weighted by Gasteiger charge is 2.45. The molecule has 0 radical (unpaired) electrons. The molecule has 1 aliphatic carbocycles. The third-order valence-corrected chi connectivity index (χ3v) is 8.10. The van der Waals surface area contributed by atoms with E-state index in [2.05, 4.69) is 15.6 Å². The van der Waals surface area contributed by atoms with Crippen molar-refractivity contribution in [2.75, 3.05) is 25.5 Å². The number of likely N-dealkylation sites (tertiary alicyclic amines) is 1. The number of ketones is 1. The number of aromatic amines is 1. The van der Waals surface area contributed by atoms with Crippen LogP contribution in [0.2, 0.25) is 0 Å². The number of halogens is 2. The number of anilines is 1. The number of Topliss-reactive ketones (excluding diaryl/α,β-unsaturated/α-hetero) is 1. The molecule has 3 aromatic rings. The first-order valence-electron chi connectivity index (χ1n) is 14.3. The molecule has 2 atom stereocenters. The number of hydrogen-bond donors (Lipinski definition) is 3. The number of likely N-dealkylation sites (N-methyl/N-ethyl adjacent to an activating group) is 1. The van der Waals surface area contributed by atoms with E-state index in [1.165, 1.54) is 18.0 Å². The monoisotopic (exact) mass is 593 g/mol. The molecule has 2 heterocycles. The molecule has 1 aliphatic heterocycles. The van der Waals surface area contributed by atoms with Gasteiger partial charge in [-0.15, -0.1) is 0 Å². The minimum absolute atomic E-state index is 0.0194. The number of H-pyrrole nitrogens is 1. The lowest BCUT2D eigenvalue weighted by Crippen LogP contribution is -2.51. The van der Waals surface area contributed by atoms with E-state index in [0.717, 1.165) is 43.1 Å². The number of fused-ring (bicyclic) bond motifs is 1. The van der Waals surface area contributed by atoms with Crippen molar-refractivity contribution < 1.29 is 32.8 Å². The van der Waals surface area contributed by atoms with Crippen LogP contribution in [0.3, 0.4) is 0 Å². The van der Waals surface area contributed by atoms with Crippen molar-refractivity contribution in [3.8, 4) is 0 Å². The smallest absolute Gasteiger partial charge is 0.289 e. The predicted octanol–water partition coefficient (Wildman–Crippen LogP) is 3.39. The van der Waals surface area contributed by atoms with Gasteiger partial charge in [-0.3, -0.25) is 24.0 Å². The minimum atomic E-state index is -1.18. The van der Waals surface area contributed by atoms with Crippen molar-refractivity contribution >= 4 is 46.0 Å². The van der Waals surface area contributed by atoms with Gasteiger partial charge in [0.1, 0.15) is 23.4 Å². The number of nitrogens with one attached hydrogen (secondary N) is 3. The number of rotatable bonds is 8. The van der Waals surface area contributed by atoms with Crippen molar-refractivity contribution in [2.24, 2.45) is 5.92 Å². The molecule has 1 aromatic heterocycles. The first-order valence-corrected chi connectivity index (χ1v) is 14.3. The van der Waals surface area contributed by atoms with Gasteiger partial charge >= 0.3 is 0 Å². The van der Waals surface area contributed by atoms with E-state index in [9.17, 15) is 32.8 Å². The zero-order valence-electron chi connectivity index (χ0n) is 23.7. The highest BCUT2D eigenvalue weighted by molar-refractivity contribution is 6.38. The van der Waals surface area contributed by atoms with E-state index in [4.69, 9.17) is 0 Å². The quantitative estimate of drug-likeness (QED) is 0.345. The van der Waals surface area contributed by atoms with Crippen LogP contribution in [0.1, 0.15) is 49.0 Å². The summed E-state index contributed by atoms with van der Waals surface area (Å²) in [5.41, 5.74) is 0.577. The lowest BCUT2D eigenvalue weighted by atomic mass is 9.95. The largest absolute Gasteiger partial charge is 0.350 e. The number of amides is 4. The SMILES string of the molecule is CN(CC(=O)N1CC(C(=O)Nc2ccccc2)CC1C(=O)C(=O)NC1CCCCC1)C(=O)c1cc2c(F)cc(F)cc2[nH]1. The molecule has 2 aromatic carbocycles. The maximum absolute atomic E-state index is 14.2. The maximum atomic E-state index is 14.2. The van der Waals surface area contributed by atoms with Gasteiger partial charge in [-0.05, 0) is 43.5 Å². The van der Waals surface area contributed by atoms with E-state index in [0.29, 0.717) is 11.8 Å². The molecule has 12 heteroatoms. The Bertz CT molecular complexity index is 1550. The molecule has 2 unspecified atom stereocenters. The number of hydrogen-bond acceptors (Lipinski definition) is 5. The molecular formula is C31H33F2N5O5. The van der Waals surface area contributed by atoms with Crippen LogP contribution in [0.4, 0.5) is 14.5 Å². The molecule has 2 fully saturated rings. The number of carbonyl (C=O) groups excluding carboxylic acids is 5. The first kappa shape index (κ1) is 29.9. The average molecular weight is 594 g/mol. The molecule has 1 saturated carbocycles. The Labute approximate surface area is 246 Å². The second-order valence-electron chi connectivity index (χ2n) is 11.2. The van der Waals surface area contributed by atoms with Crippen molar-refractivity contribution in [2.45, 2.75) is 50.6 Å². The van der Waals surface area contributed by atoms with Crippen LogP contribution in [0.15, 0.2) is 48.5 Å². The summed E-state index contributed by atoms with van der Waals surface area (Å²) in [5, 5.41) is 5.59. The molecule has 43 heavy (non-hydrogen) atoms. The van der Waals surface area contributed by atoms with Crippen molar-refractivity contribution in [3.63, 3.8) is 0 Å². The van der Waals surface area contributed by atoms with Gasteiger partial charge in [0.05, 0.1) is 18.0 Å². The summed E-state index contributed by atoms with van der Waals surface area (Å²) in [6.45, 7) is -0.602. The van der Waals surface area contributed by atoms with Crippen LogP contribution in [-0.4, -0.2) is 76.4 Å². The molecular weight excluding hydrogens is 560 g/mol. The second-order valence-corrected chi connectivity index (χ2v) is 11.2. The van der Waals surface area contributed by atoms with Crippen molar-refractivity contribution in [3.05, 3.63) is 65.9 Å². The zero-order valence-corrected chi connectivity index (χ0v) is 23.7. The van der Waals surface area contributed by atoms with Gasteiger partial charge < -0.3 is 25.4 Å². The van der Waals surface area contributed by atoms with Crippen molar-refractivity contribution in [1.82, 2.24) is 20.1 Å². The Morgan fingerprint density at radius 1 is 1.00 bits per heavy atom. The molecule has 0 bridgehead atoms. The lowest BCUT2D eigenvalue weighted by molar-refractivity contribution is -0.144. The number of nitrogens with zero attached hydrogens (tertiary/aromatic N) is 2. The average Bonchev–Trinajstić information content (AvgIpc) is 3.63. The van der Waals surface area contributed by atoms with Gasteiger partial charge in [-0.25, -0.2) is 8.78 Å². The van der Waals surface area contributed by atoms with E-state index >= 15 is 0 Å². The number of carbonyl (C=O) groups is 5. The Hall–Kier alpha value is -4.61. The number of benzene rings is 2.